The van der Waals surface area contributed by atoms with E-state index in [0.29, 0.717) is 22.7 Å². The average Bonchev–Trinajstić information content (AvgIpc) is 2.07. The van der Waals surface area contributed by atoms with E-state index < -0.39 is 0 Å². The number of hydrogen-bond donors (Lipinski definition) is 0. The molecule has 0 aliphatic rings. The summed E-state index contributed by atoms with van der Waals surface area (Å²) in [6.45, 7) is 4.79. The van der Waals surface area contributed by atoms with Crippen molar-refractivity contribution in [3.8, 4) is 5.75 Å². The van der Waals surface area contributed by atoms with Gasteiger partial charge in [0.05, 0.1) is 11.1 Å². The minimum Gasteiger partial charge on any atom is -0.493 e. The zero-order valence-corrected chi connectivity index (χ0v) is 9.27. The van der Waals surface area contributed by atoms with Crippen LogP contribution in [0.15, 0.2) is 22.7 Å². The molecule has 0 N–H and O–H groups in total. The molecule has 0 saturated carbocycles. The highest BCUT2D eigenvalue weighted by Gasteiger charge is 2.01. The molecule has 0 aliphatic carbocycles. The van der Waals surface area contributed by atoms with E-state index in [4.69, 9.17) is 4.74 Å². The van der Waals surface area contributed by atoms with Gasteiger partial charge in [0.1, 0.15) is 11.6 Å². The molecular formula is C10H12BrFO. The van der Waals surface area contributed by atoms with Gasteiger partial charge in [-0.05, 0) is 40.0 Å². The van der Waals surface area contributed by atoms with Crippen molar-refractivity contribution in [1.82, 2.24) is 0 Å². The molecule has 0 heterocycles. The summed E-state index contributed by atoms with van der Waals surface area (Å²) < 4.78 is 18.6. The standard InChI is InChI=1S/C10H12BrFO/c1-7(2)6-13-8-3-4-10(12)9(11)5-8/h3-5,7H,6H2,1-2H3. The van der Waals surface area contributed by atoms with Crippen molar-refractivity contribution < 1.29 is 9.13 Å². The fourth-order valence-electron chi connectivity index (χ4n) is 0.830. The number of halogens is 2. The van der Waals surface area contributed by atoms with Crippen LogP contribution in [0.25, 0.3) is 0 Å². The summed E-state index contributed by atoms with van der Waals surface area (Å²) in [5.74, 6) is 0.905. The smallest absolute Gasteiger partial charge is 0.137 e. The summed E-state index contributed by atoms with van der Waals surface area (Å²) in [5.41, 5.74) is 0. The van der Waals surface area contributed by atoms with Crippen LogP contribution < -0.4 is 4.74 Å². The highest BCUT2D eigenvalue weighted by atomic mass is 79.9. The van der Waals surface area contributed by atoms with Crippen LogP contribution in [0.4, 0.5) is 4.39 Å². The van der Waals surface area contributed by atoms with Crippen molar-refractivity contribution in [1.29, 1.82) is 0 Å². The third-order valence-electron chi connectivity index (χ3n) is 1.47. The SMILES string of the molecule is CC(C)COc1ccc(F)c(Br)c1. The third kappa shape index (κ3) is 3.35. The Morgan fingerprint density at radius 2 is 2.15 bits per heavy atom. The maximum Gasteiger partial charge on any atom is 0.137 e. The van der Waals surface area contributed by atoms with Gasteiger partial charge < -0.3 is 4.74 Å². The Hall–Kier alpha value is -0.570. The Kier molecular flexibility index (Phi) is 3.72. The Morgan fingerprint density at radius 1 is 1.46 bits per heavy atom. The predicted octanol–water partition coefficient (Wildman–Crippen LogP) is 3.62. The highest BCUT2D eigenvalue weighted by molar-refractivity contribution is 9.10. The number of benzene rings is 1. The van der Waals surface area contributed by atoms with E-state index in [2.05, 4.69) is 29.8 Å². The van der Waals surface area contributed by atoms with Crippen molar-refractivity contribution in [2.24, 2.45) is 5.92 Å². The van der Waals surface area contributed by atoms with E-state index in [1.807, 2.05) is 0 Å². The minimum absolute atomic E-state index is 0.267. The third-order valence-corrected chi connectivity index (χ3v) is 2.08. The summed E-state index contributed by atoms with van der Waals surface area (Å²) in [6.07, 6.45) is 0. The van der Waals surface area contributed by atoms with Crippen LogP contribution >= 0.6 is 15.9 Å². The topological polar surface area (TPSA) is 9.23 Å². The Balaban J connectivity index is 2.63. The second-order valence-corrected chi connectivity index (χ2v) is 4.14. The van der Waals surface area contributed by atoms with E-state index in [1.54, 1.807) is 12.1 Å². The maximum atomic E-state index is 12.8. The van der Waals surface area contributed by atoms with Gasteiger partial charge in [0.15, 0.2) is 0 Å². The Morgan fingerprint density at radius 3 is 2.69 bits per heavy atom. The van der Waals surface area contributed by atoms with E-state index in [-0.39, 0.29) is 5.82 Å². The number of rotatable bonds is 3. The molecule has 0 spiro atoms. The summed E-state index contributed by atoms with van der Waals surface area (Å²) >= 11 is 3.10. The molecule has 0 aliphatic heterocycles. The molecule has 1 aromatic carbocycles. The van der Waals surface area contributed by atoms with Gasteiger partial charge in [0, 0.05) is 0 Å². The lowest BCUT2D eigenvalue weighted by molar-refractivity contribution is 0.270. The molecule has 1 rings (SSSR count). The first kappa shape index (κ1) is 10.5. The molecular weight excluding hydrogens is 235 g/mol. The van der Waals surface area contributed by atoms with E-state index >= 15 is 0 Å². The van der Waals surface area contributed by atoms with Gasteiger partial charge in [0.2, 0.25) is 0 Å². The van der Waals surface area contributed by atoms with E-state index in [9.17, 15) is 4.39 Å². The molecule has 13 heavy (non-hydrogen) atoms. The fraction of sp³-hybridized carbons (Fsp3) is 0.400. The predicted molar refractivity (Wildman–Crippen MR) is 54.4 cm³/mol. The van der Waals surface area contributed by atoms with Gasteiger partial charge in [0.25, 0.3) is 0 Å². The van der Waals surface area contributed by atoms with Crippen molar-refractivity contribution in [3.05, 3.63) is 28.5 Å². The van der Waals surface area contributed by atoms with Crippen LogP contribution in [-0.4, -0.2) is 6.61 Å². The lowest BCUT2D eigenvalue weighted by atomic mass is 10.2. The first-order valence-electron chi connectivity index (χ1n) is 4.17. The fourth-order valence-corrected chi connectivity index (χ4v) is 1.19. The van der Waals surface area contributed by atoms with Crippen LogP contribution in [0.2, 0.25) is 0 Å². The maximum absolute atomic E-state index is 12.8. The molecule has 1 nitrogen and oxygen atoms in total. The van der Waals surface area contributed by atoms with E-state index in [1.165, 1.54) is 6.07 Å². The monoisotopic (exact) mass is 246 g/mol. The van der Waals surface area contributed by atoms with Crippen LogP contribution in [-0.2, 0) is 0 Å². The molecule has 0 fully saturated rings. The van der Waals surface area contributed by atoms with Crippen molar-refractivity contribution >= 4 is 15.9 Å². The van der Waals surface area contributed by atoms with Crippen LogP contribution in [0.3, 0.4) is 0 Å². The van der Waals surface area contributed by atoms with Gasteiger partial charge in [-0.25, -0.2) is 4.39 Å². The second kappa shape index (κ2) is 4.61. The van der Waals surface area contributed by atoms with Crippen molar-refractivity contribution in [2.45, 2.75) is 13.8 Å². The Labute approximate surface area is 86.0 Å². The average molecular weight is 247 g/mol. The first-order chi connectivity index (χ1) is 6.09. The van der Waals surface area contributed by atoms with Gasteiger partial charge in [-0.3, -0.25) is 0 Å². The van der Waals surface area contributed by atoms with Crippen molar-refractivity contribution in [2.75, 3.05) is 6.61 Å². The molecule has 1 aromatic rings. The number of hydrogen-bond acceptors (Lipinski definition) is 1. The van der Waals surface area contributed by atoms with Gasteiger partial charge in [-0.1, -0.05) is 13.8 Å². The van der Waals surface area contributed by atoms with Crippen LogP contribution in [0.5, 0.6) is 5.75 Å². The summed E-state index contributed by atoms with van der Waals surface area (Å²) in [7, 11) is 0. The molecule has 0 amide bonds. The van der Waals surface area contributed by atoms with Gasteiger partial charge >= 0.3 is 0 Å². The molecule has 3 heteroatoms. The summed E-state index contributed by atoms with van der Waals surface area (Å²) in [4.78, 5) is 0. The van der Waals surface area contributed by atoms with Crippen molar-refractivity contribution in [3.63, 3.8) is 0 Å². The lowest BCUT2D eigenvalue weighted by Gasteiger charge is -2.08. The molecule has 0 atom stereocenters. The normalized spacial score (nSPS) is 10.5. The molecule has 0 saturated heterocycles. The lowest BCUT2D eigenvalue weighted by Crippen LogP contribution is -2.04. The summed E-state index contributed by atoms with van der Waals surface area (Å²) in [6, 6.07) is 4.65. The second-order valence-electron chi connectivity index (χ2n) is 3.28. The van der Waals surface area contributed by atoms with Gasteiger partial charge in [-0.15, -0.1) is 0 Å². The quantitative estimate of drug-likeness (QED) is 0.792. The largest absolute Gasteiger partial charge is 0.493 e. The number of ether oxygens (including phenoxy) is 1. The molecule has 72 valence electrons. The minimum atomic E-state index is -0.267. The first-order valence-corrected chi connectivity index (χ1v) is 4.96. The van der Waals surface area contributed by atoms with Crippen LogP contribution in [0, 0.1) is 11.7 Å². The summed E-state index contributed by atoms with van der Waals surface area (Å²) in [5, 5.41) is 0. The molecule has 0 bridgehead atoms. The molecule has 0 radical (unpaired) electrons. The molecule has 0 aromatic heterocycles. The van der Waals surface area contributed by atoms with Crippen LogP contribution in [0.1, 0.15) is 13.8 Å². The zero-order valence-electron chi connectivity index (χ0n) is 7.68. The van der Waals surface area contributed by atoms with Gasteiger partial charge in [-0.2, -0.15) is 0 Å². The van der Waals surface area contributed by atoms with E-state index in [0.717, 1.165) is 0 Å². The zero-order chi connectivity index (χ0) is 9.84. The molecule has 0 unspecified atom stereocenters. The Bertz CT molecular complexity index is 286. The highest BCUT2D eigenvalue weighted by Crippen LogP contribution is 2.21.